The number of carbonyl (C=O) groups is 1. The molecule has 114 valence electrons. The van der Waals surface area contributed by atoms with E-state index in [0.717, 1.165) is 23.0 Å². The van der Waals surface area contributed by atoms with Gasteiger partial charge in [-0.3, -0.25) is 0 Å². The van der Waals surface area contributed by atoms with E-state index in [4.69, 9.17) is 0 Å². The topological polar surface area (TPSA) is 51.2 Å². The van der Waals surface area contributed by atoms with Gasteiger partial charge in [0, 0.05) is 11.8 Å². The fourth-order valence-corrected chi connectivity index (χ4v) is 5.06. The lowest BCUT2D eigenvalue weighted by atomic mass is 10.1. The summed E-state index contributed by atoms with van der Waals surface area (Å²) in [6.45, 7) is 3.89. The minimum atomic E-state index is -3.48. The summed E-state index contributed by atoms with van der Waals surface area (Å²) in [7, 11) is -3.48. The number of hydrogen-bond donors (Lipinski definition) is 0. The summed E-state index contributed by atoms with van der Waals surface area (Å²) in [6.07, 6.45) is 0.779. The molecule has 1 aliphatic carbocycles. The van der Waals surface area contributed by atoms with Crippen LogP contribution < -0.4 is 0 Å². The van der Waals surface area contributed by atoms with Gasteiger partial charge < -0.3 is 4.79 Å². The van der Waals surface area contributed by atoms with Crippen molar-refractivity contribution < 1.29 is 13.2 Å². The molecule has 3 atom stereocenters. The third kappa shape index (κ3) is 2.48. The maximum absolute atomic E-state index is 12.8. The number of aryl methyl sites for hydroxylation is 2. The largest absolute Gasteiger partial charge is 0.303 e. The lowest BCUT2D eigenvalue weighted by molar-refractivity contribution is -0.108. The van der Waals surface area contributed by atoms with Crippen LogP contribution in [0, 0.1) is 19.8 Å². The molecular formula is C18H18O3S. The molecule has 3 rings (SSSR count). The molecule has 2 aromatic rings. The Balaban J connectivity index is 1.95. The quantitative estimate of drug-likeness (QED) is 0.815. The minimum Gasteiger partial charge on any atom is -0.303 e. The Hall–Kier alpha value is -1.94. The van der Waals surface area contributed by atoms with Crippen LogP contribution in [0.5, 0.6) is 0 Å². The van der Waals surface area contributed by atoms with Gasteiger partial charge in [-0.25, -0.2) is 8.42 Å². The summed E-state index contributed by atoms with van der Waals surface area (Å²) in [5.41, 5.74) is 3.05. The highest BCUT2D eigenvalue weighted by molar-refractivity contribution is 7.92. The first-order valence-electron chi connectivity index (χ1n) is 7.27. The van der Waals surface area contributed by atoms with Crippen LogP contribution in [-0.2, 0) is 14.6 Å². The Labute approximate surface area is 130 Å². The predicted octanol–water partition coefficient (Wildman–Crippen LogP) is 3.06. The van der Waals surface area contributed by atoms with Gasteiger partial charge in [-0.15, -0.1) is 0 Å². The molecule has 4 heteroatoms. The van der Waals surface area contributed by atoms with Gasteiger partial charge in [0.15, 0.2) is 9.84 Å². The van der Waals surface area contributed by atoms with Crippen molar-refractivity contribution in [3.8, 4) is 0 Å². The van der Waals surface area contributed by atoms with Crippen LogP contribution in [0.3, 0.4) is 0 Å². The zero-order valence-electron chi connectivity index (χ0n) is 12.6. The van der Waals surface area contributed by atoms with Crippen molar-refractivity contribution in [2.45, 2.75) is 29.9 Å². The fraction of sp³-hybridized carbons (Fsp3) is 0.278. The molecule has 0 amide bonds. The number of benzene rings is 2. The Morgan fingerprint density at radius 3 is 1.86 bits per heavy atom. The van der Waals surface area contributed by atoms with Gasteiger partial charge in [0.2, 0.25) is 0 Å². The van der Waals surface area contributed by atoms with E-state index in [1.165, 1.54) is 0 Å². The number of carbonyl (C=O) groups excluding carboxylic acids is 1. The molecule has 0 unspecified atom stereocenters. The van der Waals surface area contributed by atoms with E-state index in [2.05, 4.69) is 0 Å². The lowest BCUT2D eigenvalue weighted by Crippen LogP contribution is -2.11. The summed E-state index contributed by atoms with van der Waals surface area (Å²) >= 11 is 0. The summed E-state index contributed by atoms with van der Waals surface area (Å²) in [5.74, 6) is -0.682. The third-order valence-electron chi connectivity index (χ3n) is 4.33. The standard InChI is InChI=1S/C18H18O3S/c1-12-3-7-14(8-4-12)17-16(11-19)18(17)22(20,21)15-9-5-13(2)6-10-15/h3-11,16-18H,1-2H3/t16-,17-,18+/m1/s1. The molecular weight excluding hydrogens is 296 g/mol. The second-order valence-corrected chi connectivity index (χ2v) is 8.08. The molecule has 0 aromatic heterocycles. The SMILES string of the molecule is Cc1ccc([C@@H]2[C@@H](C=O)[C@@H]2S(=O)(=O)c2ccc(C)cc2)cc1. The van der Waals surface area contributed by atoms with Crippen molar-refractivity contribution in [3.63, 3.8) is 0 Å². The summed E-state index contributed by atoms with van der Waals surface area (Å²) < 4.78 is 25.5. The van der Waals surface area contributed by atoms with Gasteiger partial charge in [-0.05, 0) is 31.5 Å². The Morgan fingerprint density at radius 1 is 0.864 bits per heavy atom. The van der Waals surface area contributed by atoms with Crippen LogP contribution in [-0.4, -0.2) is 20.0 Å². The third-order valence-corrected chi connectivity index (χ3v) is 6.59. The van der Waals surface area contributed by atoms with E-state index in [9.17, 15) is 13.2 Å². The molecule has 0 N–H and O–H groups in total. The molecule has 22 heavy (non-hydrogen) atoms. The molecule has 0 bridgehead atoms. The molecule has 1 fully saturated rings. The van der Waals surface area contributed by atoms with Crippen LogP contribution in [0.4, 0.5) is 0 Å². The highest BCUT2D eigenvalue weighted by Gasteiger charge is 2.58. The van der Waals surface area contributed by atoms with E-state index in [1.807, 2.05) is 38.1 Å². The molecule has 0 radical (unpaired) electrons. The van der Waals surface area contributed by atoms with Crippen molar-refractivity contribution in [2.75, 3.05) is 0 Å². The first kappa shape index (κ1) is 15.0. The Bertz CT molecular complexity index is 789. The van der Waals surface area contributed by atoms with Gasteiger partial charge in [-0.1, -0.05) is 47.5 Å². The van der Waals surface area contributed by atoms with Crippen LogP contribution in [0.25, 0.3) is 0 Å². The van der Waals surface area contributed by atoms with Crippen molar-refractivity contribution in [1.29, 1.82) is 0 Å². The smallest absolute Gasteiger partial charge is 0.182 e. The molecule has 2 aromatic carbocycles. The Morgan fingerprint density at radius 2 is 1.36 bits per heavy atom. The van der Waals surface area contributed by atoms with Crippen LogP contribution in [0.1, 0.15) is 22.6 Å². The molecule has 0 spiro atoms. The van der Waals surface area contributed by atoms with E-state index in [1.54, 1.807) is 24.3 Å². The van der Waals surface area contributed by atoms with E-state index >= 15 is 0 Å². The van der Waals surface area contributed by atoms with Gasteiger partial charge >= 0.3 is 0 Å². The second-order valence-electron chi connectivity index (χ2n) is 5.97. The zero-order chi connectivity index (χ0) is 15.9. The molecule has 1 aliphatic rings. The Kier molecular flexibility index (Phi) is 3.65. The van der Waals surface area contributed by atoms with E-state index in [-0.39, 0.29) is 5.92 Å². The van der Waals surface area contributed by atoms with Crippen LogP contribution in [0.15, 0.2) is 53.4 Å². The first-order valence-corrected chi connectivity index (χ1v) is 8.82. The average molecular weight is 314 g/mol. The zero-order valence-corrected chi connectivity index (χ0v) is 13.4. The fourth-order valence-electron chi connectivity index (χ4n) is 2.95. The van der Waals surface area contributed by atoms with Gasteiger partial charge in [-0.2, -0.15) is 0 Å². The monoisotopic (exact) mass is 314 g/mol. The first-order chi connectivity index (χ1) is 10.4. The van der Waals surface area contributed by atoms with E-state index in [0.29, 0.717) is 4.90 Å². The average Bonchev–Trinajstić information content (AvgIpc) is 3.24. The maximum atomic E-state index is 12.8. The van der Waals surface area contributed by atoms with Gasteiger partial charge in [0.05, 0.1) is 10.1 Å². The molecule has 0 heterocycles. The van der Waals surface area contributed by atoms with Crippen molar-refractivity contribution in [1.82, 2.24) is 0 Å². The normalized spacial score (nSPS) is 24.0. The predicted molar refractivity (Wildman–Crippen MR) is 85.6 cm³/mol. The molecule has 3 nitrogen and oxygen atoms in total. The highest BCUT2D eigenvalue weighted by atomic mass is 32.2. The summed E-state index contributed by atoms with van der Waals surface area (Å²) in [6, 6.07) is 14.5. The lowest BCUT2D eigenvalue weighted by Gasteiger charge is -2.05. The number of sulfone groups is 1. The van der Waals surface area contributed by atoms with Crippen LogP contribution in [0.2, 0.25) is 0 Å². The number of rotatable bonds is 4. The van der Waals surface area contributed by atoms with Crippen molar-refractivity contribution in [3.05, 3.63) is 65.2 Å². The summed E-state index contributed by atoms with van der Waals surface area (Å²) in [4.78, 5) is 11.6. The molecule has 0 saturated heterocycles. The van der Waals surface area contributed by atoms with Gasteiger partial charge in [0.1, 0.15) is 6.29 Å². The van der Waals surface area contributed by atoms with Gasteiger partial charge in [0.25, 0.3) is 0 Å². The van der Waals surface area contributed by atoms with E-state index < -0.39 is 21.0 Å². The van der Waals surface area contributed by atoms with Crippen molar-refractivity contribution >= 4 is 16.1 Å². The highest BCUT2D eigenvalue weighted by Crippen LogP contribution is 2.52. The molecule has 0 aliphatic heterocycles. The number of hydrogen-bond acceptors (Lipinski definition) is 3. The summed E-state index contributed by atoms with van der Waals surface area (Å²) in [5, 5.41) is -0.643. The number of aldehydes is 1. The maximum Gasteiger partial charge on any atom is 0.182 e. The van der Waals surface area contributed by atoms with Crippen molar-refractivity contribution in [2.24, 2.45) is 5.92 Å². The minimum absolute atomic E-state index is 0.232. The van der Waals surface area contributed by atoms with Crippen LogP contribution >= 0.6 is 0 Å². The second kappa shape index (κ2) is 5.36. The molecule has 1 saturated carbocycles.